The van der Waals surface area contributed by atoms with E-state index in [9.17, 15) is 0 Å². The van der Waals surface area contributed by atoms with Crippen LogP contribution in [0.4, 0.5) is 0 Å². The van der Waals surface area contributed by atoms with Crippen LogP contribution in [-0.2, 0) is 0 Å². The molecule has 0 heterocycles. The minimum Gasteiger partial charge on any atom is -0.409 e. The fourth-order valence-electron chi connectivity index (χ4n) is 1.32. The van der Waals surface area contributed by atoms with E-state index in [2.05, 4.69) is 5.16 Å². The molecule has 0 aliphatic heterocycles. The molecule has 1 saturated carbocycles. The van der Waals surface area contributed by atoms with Crippen molar-refractivity contribution in [2.24, 2.45) is 16.3 Å². The van der Waals surface area contributed by atoms with Crippen molar-refractivity contribution in [3.05, 3.63) is 0 Å². The zero-order valence-corrected chi connectivity index (χ0v) is 8.39. The van der Waals surface area contributed by atoms with Crippen LogP contribution in [0, 0.1) is 5.41 Å². The van der Waals surface area contributed by atoms with Crippen LogP contribution in [0.1, 0.15) is 19.3 Å². The maximum atomic E-state index is 8.60. The lowest BCUT2D eigenvalue weighted by atomic mass is 10.1. The second-order valence-corrected chi connectivity index (χ2v) is 4.65. The molecule has 0 aromatic heterocycles. The lowest BCUT2D eigenvalue weighted by molar-refractivity contribution is 0.315. The third-order valence-corrected chi connectivity index (χ3v) is 3.57. The summed E-state index contributed by atoms with van der Waals surface area (Å²) >= 11 is 1.73. The third kappa shape index (κ3) is 3.44. The topological polar surface area (TPSA) is 78.8 Å². The third-order valence-electron chi connectivity index (χ3n) is 2.29. The van der Waals surface area contributed by atoms with Gasteiger partial charge in [0.2, 0.25) is 0 Å². The summed E-state index contributed by atoms with van der Waals surface area (Å²) in [4.78, 5) is 0. The van der Waals surface area contributed by atoms with Crippen molar-refractivity contribution in [3.8, 4) is 0 Å². The van der Waals surface area contributed by atoms with E-state index >= 15 is 0 Å². The predicted octanol–water partition coefficient (Wildman–Crippen LogP) is 0.629. The van der Waals surface area contributed by atoms with Crippen LogP contribution >= 0.6 is 11.8 Å². The highest BCUT2D eigenvalue weighted by Gasteiger charge is 2.42. The Balaban J connectivity index is 2.22. The molecule has 0 spiro atoms. The lowest BCUT2D eigenvalue weighted by Gasteiger charge is -2.12. The first-order valence-corrected chi connectivity index (χ1v) is 5.53. The van der Waals surface area contributed by atoms with Crippen molar-refractivity contribution in [1.29, 1.82) is 0 Å². The van der Waals surface area contributed by atoms with Crippen LogP contribution in [0.5, 0.6) is 0 Å². The van der Waals surface area contributed by atoms with Crippen LogP contribution in [0.15, 0.2) is 5.16 Å². The SMILES string of the molecule is NC(CC1(CSCCO)CC1)=NO. The van der Waals surface area contributed by atoms with Gasteiger partial charge in [-0.25, -0.2) is 0 Å². The maximum Gasteiger partial charge on any atom is 0.139 e. The number of thioether (sulfide) groups is 1. The summed E-state index contributed by atoms with van der Waals surface area (Å²) in [6.07, 6.45) is 2.99. The van der Waals surface area contributed by atoms with Gasteiger partial charge in [-0.2, -0.15) is 11.8 Å². The Morgan fingerprint density at radius 2 is 2.23 bits per heavy atom. The number of aliphatic hydroxyl groups is 1. The molecule has 5 heteroatoms. The molecule has 1 rings (SSSR count). The van der Waals surface area contributed by atoms with Gasteiger partial charge in [0.1, 0.15) is 5.84 Å². The molecule has 0 radical (unpaired) electrons. The van der Waals surface area contributed by atoms with E-state index in [1.54, 1.807) is 11.8 Å². The summed E-state index contributed by atoms with van der Waals surface area (Å²) < 4.78 is 0. The lowest BCUT2D eigenvalue weighted by Crippen LogP contribution is -2.19. The average Bonchev–Trinajstić information content (AvgIpc) is 2.86. The first-order chi connectivity index (χ1) is 6.22. The summed E-state index contributed by atoms with van der Waals surface area (Å²) in [6, 6.07) is 0. The molecule has 0 unspecified atom stereocenters. The predicted molar refractivity (Wildman–Crippen MR) is 54.1 cm³/mol. The first-order valence-electron chi connectivity index (χ1n) is 4.37. The fourth-order valence-corrected chi connectivity index (χ4v) is 2.42. The smallest absolute Gasteiger partial charge is 0.139 e. The summed E-state index contributed by atoms with van der Waals surface area (Å²) in [5, 5.41) is 20.0. The Hall–Kier alpha value is -0.420. The van der Waals surface area contributed by atoms with Gasteiger partial charge in [0.25, 0.3) is 0 Å². The zero-order valence-electron chi connectivity index (χ0n) is 7.57. The van der Waals surface area contributed by atoms with Crippen LogP contribution in [0.25, 0.3) is 0 Å². The number of hydrogen-bond acceptors (Lipinski definition) is 4. The van der Waals surface area contributed by atoms with E-state index in [1.165, 1.54) is 0 Å². The number of oxime groups is 1. The molecule has 0 aromatic rings. The molecule has 0 amide bonds. The van der Waals surface area contributed by atoms with E-state index in [4.69, 9.17) is 16.0 Å². The monoisotopic (exact) mass is 204 g/mol. The number of amidine groups is 1. The molecule has 13 heavy (non-hydrogen) atoms. The summed E-state index contributed by atoms with van der Waals surface area (Å²) in [5.74, 6) is 2.10. The number of nitrogens with zero attached hydrogens (tertiary/aromatic N) is 1. The molecule has 4 nitrogen and oxygen atoms in total. The van der Waals surface area contributed by atoms with Crippen LogP contribution in [0.3, 0.4) is 0 Å². The molecule has 76 valence electrons. The second-order valence-electron chi connectivity index (χ2n) is 3.54. The van der Waals surface area contributed by atoms with E-state index in [0.29, 0.717) is 12.3 Å². The average molecular weight is 204 g/mol. The van der Waals surface area contributed by atoms with E-state index in [1.807, 2.05) is 0 Å². The Kier molecular flexibility index (Phi) is 3.87. The van der Waals surface area contributed by atoms with Crippen molar-refractivity contribution in [1.82, 2.24) is 0 Å². The first kappa shape index (κ1) is 10.7. The Morgan fingerprint density at radius 3 is 2.69 bits per heavy atom. The van der Waals surface area contributed by atoms with Crippen molar-refractivity contribution >= 4 is 17.6 Å². The van der Waals surface area contributed by atoms with Gasteiger partial charge in [-0.15, -0.1) is 0 Å². The van der Waals surface area contributed by atoms with Crippen molar-refractivity contribution in [2.75, 3.05) is 18.1 Å². The molecule has 1 aliphatic carbocycles. The number of rotatable bonds is 6. The highest BCUT2D eigenvalue weighted by atomic mass is 32.2. The van der Waals surface area contributed by atoms with E-state index in [-0.39, 0.29) is 12.0 Å². The van der Waals surface area contributed by atoms with Crippen molar-refractivity contribution in [2.45, 2.75) is 19.3 Å². The fraction of sp³-hybridized carbons (Fsp3) is 0.875. The zero-order chi connectivity index (χ0) is 9.73. The van der Waals surface area contributed by atoms with Gasteiger partial charge in [-0.05, 0) is 24.0 Å². The van der Waals surface area contributed by atoms with Gasteiger partial charge >= 0.3 is 0 Å². The Bertz CT molecular complexity index is 193. The van der Waals surface area contributed by atoms with Gasteiger partial charge in [-0.1, -0.05) is 5.16 Å². The normalized spacial score (nSPS) is 20.2. The van der Waals surface area contributed by atoms with Crippen LogP contribution in [0.2, 0.25) is 0 Å². The molecule has 0 bridgehead atoms. The molecule has 4 N–H and O–H groups in total. The molecule has 1 fully saturated rings. The standard InChI is InChI=1S/C8H16N2O2S/c9-7(10-12)5-8(1-2-8)6-13-4-3-11/h11-12H,1-6H2,(H2,9,10). The quantitative estimate of drug-likeness (QED) is 0.195. The van der Waals surface area contributed by atoms with Gasteiger partial charge in [0.15, 0.2) is 0 Å². The second kappa shape index (κ2) is 4.72. The number of aliphatic hydroxyl groups excluding tert-OH is 1. The molecule has 0 aromatic carbocycles. The largest absolute Gasteiger partial charge is 0.409 e. The maximum absolute atomic E-state index is 8.60. The van der Waals surface area contributed by atoms with Crippen LogP contribution in [-0.4, -0.2) is 34.3 Å². The van der Waals surface area contributed by atoms with E-state index in [0.717, 1.165) is 24.3 Å². The van der Waals surface area contributed by atoms with Crippen molar-refractivity contribution in [3.63, 3.8) is 0 Å². The molecular formula is C8H16N2O2S. The molecule has 1 aliphatic rings. The Morgan fingerprint density at radius 1 is 1.54 bits per heavy atom. The van der Waals surface area contributed by atoms with E-state index < -0.39 is 0 Å². The number of nitrogens with two attached hydrogens (primary N) is 1. The van der Waals surface area contributed by atoms with Gasteiger partial charge < -0.3 is 16.0 Å². The minimum atomic E-state index is 0.227. The summed E-state index contributed by atoms with van der Waals surface area (Å²) in [7, 11) is 0. The molecule has 0 saturated heterocycles. The van der Waals surface area contributed by atoms with Crippen LogP contribution < -0.4 is 5.73 Å². The molecular weight excluding hydrogens is 188 g/mol. The highest BCUT2D eigenvalue weighted by Crippen LogP contribution is 2.50. The van der Waals surface area contributed by atoms with Gasteiger partial charge in [0.05, 0.1) is 6.61 Å². The summed E-state index contributed by atoms with van der Waals surface area (Å²) in [6.45, 7) is 0.227. The van der Waals surface area contributed by atoms with Crippen molar-refractivity contribution < 1.29 is 10.3 Å². The highest BCUT2D eigenvalue weighted by molar-refractivity contribution is 7.99. The van der Waals surface area contributed by atoms with Gasteiger partial charge in [-0.3, -0.25) is 0 Å². The summed E-state index contributed by atoms with van der Waals surface area (Å²) in [5.41, 5.74) is 5.70. The Labute approximate surface area is 82.2 Å². The van der Waals surface area contributed by atoms with Gasteiger partial charge in [0, 0.05) is 12.2 Å². The molecule has 0 atom stereocenters. The number of hydrogen-bond donors (Lipinski definition) is 3. The minimum absolute atomic E-state index is 0.227.